The molecule has 1 unspecified atom stereocenters. The van der Waals surface area contributed by atoms with E-state index in [0.29, 0.717) is 12.4 Å². The molecule has 114 valence electrons. The lowest BCUT2D eigenvalue weighted by Gasteiger charge is -2.15. The van der Waals surface area contributed by atoms with E-state index in [1.165, 1.54) is 11.8 Å². The third-order valence-corrected chi connectivity index (χ3v) is 3.98. The molecule has 0 fully saturated rings. The van der Waals surface area contributed by atoms with Crippen LogP contribution in [0.25, 0.3) is 0 Å². The normalized spacial score (nSPS) is 11.6. The average molecular weight is 326 g/mol. The Morgan fingerprint density at radius 2 is 1.86 bits per heavy atom. The maximum Gasteiger partial charge on any atom is 0.125 e. The molecular weight excluding hydrogens is 306 g/mol. The summed E-state index contributed by atoms with van der Waals surface area (Å²) >= 11 is 1.53. The smallest absolute Gasteiger partial charge is 0.125 e. The number of benzene rings is 1. The summed E-state index contributed by atoms with van der Waals surface area (Å²) < 4.78 is 5.73. The van der Waals surface area contributed by atoms with Crippen LogP contribution in [0.1, 0.15) is 11.1 Å². The molecule has 0 bridgehead atoms. The van der Waals surface area contributed by atoms with Crippen LogP contribution in [0.15, 0.2) is 47.6 Å². The quantitative estimate of drug-likeness (QED) is 0.823. The number of para-hydroxylation sites is 1. The second kappa shape index (κ2) is 8.93. The van der Waals surface area contributed by atoms with Crippen LogP contribution in [0.3, 0.4) is 0 Å². The lowest BCUT2D eigenvalue weighted by Crippen LogP contribution is -2.20. The van der Waals surface area contributed by atoms with E-state index in [2.05, 4.69) is 4.98 Å². The number of aromatic nitrogens is 1. The Bertz CT molecular complexity index is 531. The van der Waals surface area contributed by atoms with Gasteiger partial charge in [-0.2, -0.15) is 0 Å². The summed E-state index contributed by atoms with van der Waals surface area (Å²) in [4.78, 5) is 4.21. The Balaban J connectivity index is 0.00000220. The highest BCUT2D eigenvalue weighted by Gasteiger charge is 2.09. The number of rotatable bonds is 6. The molecular formula is C16H20ClNO2S. The van der Waals surface area contributed by atoms with Gasteiger partial charge in [0.2, 0.25) is 0 Å². The number of halogens is 1. The number of hydrogen-bond acceptors (Lipinski definition) is 4. The van der Waals surface area contributed by atoms with Gasteiger partial charge in [-0.3, -0.25) is 0 Å². The Hall–Kier alpha value is -1.23. The van der Waals surface area contributed by atoms with Crippen LogP contribution in [0.4, 0.5) is 0 Å². The SMILES string of the molecule is Cc1cccc(C)c1OCC(O)CSc1ccccn1.Cl. The molecule has 1 atom stereocenters. The minimum absolute atomic E-state index is 0. The van der Waals surface area contributed by atoms with Gasteiger partial charge in [-0.1, -0.05) is 24.3 Å². The highest BCUT2D eigenvalue weighted by Crippen LogP contribution is 2.23. The number of hydrogen-bond donors (Lipinski definition) is 1. The van der Waals surface area contributed by atoms with Crippen molar-refractivity contribution in [3.63, 3.8) is 0 Å². The van der Waals surface area contributed by atoms with Crippen molar-refractivity contribution < 1.29 is 9.84 Å². The fourth-order valence-electron chi connectivity index (χ4n) is 1.87. The first-order valence-corrected chi connectivity index (χ1v) is 7.56. The summed E-state index contributed by atoms with van der Waals surface area (Å²) in [6.45, 7) is 4.32. The van der Waals surface area contributed by atoms with Crippen LogP contribution in [0, 0.1) is 13.8 Å². The maximum absolute atomic E-state index is 9.98. The van der Waals surface area contributed by atoms with E-state index < -0.39 is 6.10 Å². The van der Waals surface area contributed by atoms with E-state index in [1.54, 1.807) is 6.20 Å². The fourth-order valence-corrected chi connectivity index (χ4v) is 2.64. The Labute approximate surface area is 136 Å². The largest absolute Gasteiger partial charge is 0.490 e. The minimum atomic E-state index is -0.513. The average Bonchev–Trinajstić information content (AvgIpc) is 2.46. The standard InChI is InChI=1S/C16H19NO2S.ClH/c1-12-6-5-7-13(2)16(12)19-10-14(18)11-20-15-8-3-4-9-17-15;/h3-9,14,18H,10-11H2,1-2H3;1H. The van der Waals surface area contributed by atoms with Crippen LogP contribution in [-0.2, 0) is 0 Å². The summed E-state index contributed by atoms with van der Waals surface area (Å²) in [5.41, 5.74) is 2.18. The highest BCUT2D eigenvalue weighted by molar-refractivity contribution is 7.99. The molecule has 1 N–H and O–H groups in total. The molecule has 0 aliphatic carbocycles. The maximum atomic E-state index is 9.98. The minimum Gasteiger partial charge on any atom is -0.490 e. The fraction of sp³-hybridized carbons (Fsp3) is 0.312. The molecule has 0 radical (unpaired) electrons. The topological polar surface area (TPSA) is 42.4 Å². The van der Waals surface area contributed by atoms with Gasteiger partial charge in [-0.25, -0.2) is 4.98 Å². The second-order valence-corrected chi connectivity index (χ2v) is 5.71. The molecule has 2 rings (SSSR count). The monoisotopic (exact) mass is 325 g/mol. The predicted octanol–water partition coefficient (Wildman–Crippen LogP) is 3.65. The van der Waals surface area contributed by atoms with E-state index in [9.17, 15) is 5.11 Å². The first-order valence-electron chi connectivity index (χ1n) is 6.57. The van der Waals surface area contributed by atoms with Gasteiger partial charge in [0.1, 0.15) is 12.4 Å². The van der Waals surface area contributed by atoms with Gasteiger partial charge in [-0.05, 0) is 37.1 Å². The van der Waals surface area contributed by atoms with Crippen LogP contribution < -0.4 is 4.74 Å². The summed E-state index contributed by atoms with van der Waals surface area (Å²) in [7, 11) is 0. The second-order valence-electron chi connectivity index (χ2n) is 4.66. The number of nitrogens with zero attached hydrogens (tertiary/aromatic N) is 1. The lowest BCUT2D eigenvalue weighted by atomic mass is 10.1. The summed E-state index contributed by atoms with van der Waals surface area (Å²) in [6.07, 6.45) is 1.24. The van der Waals surface area contributed by atoms with Gasteiger partial charge in [0.15, 0.2) is 0 Å². The molecule has 0 saturated carbocycles. The van der Waals surface area contributed by atoms with Crippen molar-refractivity contribution in [1.82, 2.24) is 4.98 Å². The van der Waals surface area contributed by atoms with E-state index >= 15 is 0 Å². The molecule has 0 aliphatic rings. The third kappa shape index (κ3) is 5.58. The van der Waals surface area contributed by atoms with E-state index in [1.807, 2.05) is 50.2 Å². The van der Waals surface area contributed by atoms with E-state index in [-0.39, 0.29) is 12.4 Å². The summed E-state index contributed by atoms with van der Waals surface area (Å²) in [5.74, 6) is 1.44. The van der Waals surface area contributed by atoms with Gasteiger partial charge >= 0.3 is 0 Å². The van der Waals surface area contributed by atoms with Crippen molar-refractivity contribution in [2.24, 2.45) is 0 Å². The number of aryl methyl sites for hydroxylation is 2. The number of thioether (sulfide) groups is 1. The summed E-state index contributed by atoms with van der Waals surface area (Å²) in [5, 5.41) is 10.9. The van der Waals surface area contributed by atoms with E-state index in [4.69, 9.17) is 4.74 Å². The number of aliphatic hydroxyl groups excluding tert-OH is 1. The first-order chi connectivity index (χ1) is 9.66. The summed E-state index contributed by atoms with van der Waals surface area (Å²) in [6, 6.07) is 11.8. The van der Waals surface area contributed by atoms with Gasteiger partial charge in [0.25, 0.3) is 0 Å². The Kier molecular flexibility index (Phi) is 7.57. The molecule has 0 aliphatic heterocycles. The molecule has 5 heteroatoms. The Morgan fingerprint density at radius 3 is 2.48 bits per heavy atom. The molecule has 1 heterocycles. The molecule has 1 aromatic carbocycles. The van der Waals surface area contributed by atoms with Crippen LogP contribution in [0.2, 0.25) is 0 Å². The number of ether oxygens (including phenoxy) is 1. The zero-order chi connectivity index (χ0) is 14.4. The van der Waals surface area contributed by atoms with Crippen molar-refractivity contribution in [1.29, 1.82) is 0 Å². The van der Waals surface area contributed by atoms with E-state index in [0.717, 1.165) is 21.9 Å². The molecule has 0 saturated heterocycles. The van der Waals surface area contributed by atoms with Crippen molar-refractivity contribution >= 4 is 24.2 Å². The Morgan fingerprint density at radius 1 is 1.14 bits per heavy atom. The van der Waals surface area contributed by atoms with Crippen molar-refractivity contribution in [2.45, 2.75) is 25.0 Å². The third-order valence-electron chi connectivity index (χ3n) is 2.89. The molecule has 1 aromatic heterocycles. The van der Waals surface area contributed by atoms with Gasteiger partial charge in [0.05, 0.1) is 11.1 Å². The van der Waals surface area contributed by atoms with Gasteiger partial charge in [0, 0.05) is 11.9 Å². The lowest BCUT2D eigenvalue weighted by molar-refractivity contribution is 0.125. The van der Waals surface area contributed by atoms with Crippen LogP contribution >= 0.6 is 24.2 Å². The molecule has 3 nitrogen and oxygen atoms in total. The molecule has 21 heavy (non-hydrogen) atoms. The zero-order valence-electron chi connectivity index (χ0n) is 12.2. The van der Waals surface area contributed by atoms with Gasteiger partial charge < -0.3 is 9.84 Å². The van der Waals surface area contributed by atoms with Crippen LogP contribution in [-0.4, -0.2) is 28.6 Å². The zero-order valence-corrected chi connectivity index (χ0v) is 13.8. The van der Waals surface area contributed by atoms with Gasteiger partial charge in [-0.15, -0.1) is 24.2 Å². The molecule has 0 spiro atoms. The molecule has 2 aromatic rings. The van der Waals surface area contributed by atoms with Crippen LogP contribution in [0.5, 0.6) is 5.75 Å². The highest BCUT2D eigenvalue weighted by atomic mass is 35.5. The number of aliphatic hydroxyl groups is 1. The van der Waals surface area contributed by atoms with Crippen molar-refractivity contribution in [3.05, 3.63) is 53.7 Å². The van der Waals surface area contributed by atoms with Crippen molar-refractivity contribution in [2.75, 3.05) is 12.4 Å². The first kappa shape index (κ1) is 17.8. The number of pyridine rings is 1. The predicted molar refractivity (Wildman–Crippen MR) is 89.6 cm³/mol. The van der Waals surface area contributed by atoms with Crippen molar-refractivity contribution in [3.8, 4) is 5.75 Å². The molecule has 0 amide bonds.